The largest absolute Gasteiger partial charge is 0.478 e. The van der Waals surface area contributed by atoms with Crippen LogP contribution in [0.15, 0.2) is 0 Å². The number of aliphatic hydroxyl groups is 1. The van der Waals surface area contributed by atoms with Crippen LogP contribution in [0.25, 0.3) is 0 Å². The average Bonchev–Trinajstić information content (AvgIpc) is 2.22. The van der Waals surface area contributed by atoms with E-state index in [4.69, 9.17) is 10.2 Å². The van der Waals surface area contributed by atoms with Crippen LogP contribution >= 0.6 is 0 Å². The molecule has 10 heteroatoms. The van der Waals surface area contributed by atoms with Crippen LogP contribution in [0.4, 0.5) is 26.3 Å². The lowest BCUT2D eigenvalue weighted by atomic mass is 9.94. The zero-order valence-corrected chi connectivity index (χ0v) is 8.19. The van der Waals surface area contributed by atoms with Gasteiger partial charge >= 0.3 is 17.9 Å². The van der Waals surface area contributed by atoms with Crippen molar-refractivity contribution >= 4 is 5.97 Å². The van der Waals surface area contributed by atoms with E-state index in [0.29, 0.717) is 0 Å². The van der Waals surface area contributed by atoms with Crippen LogP contribution in [-0.2, 0) is 4.79 Å². The SMILES string of the molecule is O=C(O)C(F)(NCCO)C(F)(CF)C(F)(F)F. The molecule has 2 atom stereocenters. The summed E-state index contributed by atoms with van der Waals surface area (Å²) in [6, 6.07) is 0. The third-order valence-corrected chi connectivity index (χ3v) is 1.95. The Hall–Kier alpha value is -1.03. The van der Waals surface area contributed by atoms with Gasteiger partial charge in [-0.3, -0.25) is 5.32 Å². The fourth-order valence-corrected chi connectivity index (χ4v) is 0.976. The van der Waals surface area contributed by atoms with E-state index in [1.54, 1.807) is 0 Å². The van der Waals surface area contributed by atoms with Crippen LogP contribution in [0, 0.1) is 0 Å². The Morgan fingerprint density at radius 3 is 1.88 bits per heavy atom. The van der Waals surface area contributed by atoms with E-state index in [1.165, 1.54) is 0 Å². The van der Waals surface area contributed by atoms with Crippen molar-refractivity contribution in [2.24, 2.45) is 0 Å². The lowest BCUT2D eigenvalue weighted by Gasteiger charge is -2.35. The molecule has 0 saturated carbocycles. The third kappa shape index (κ3) is 2.63. The summed E-state index contributed by atoms with van der Waals surface area (Å²) in [6.45, 7) is -4.87. The molecule has 2 unspecified atom stereocenters. The van der Waals surface area contributed by atoms with Gasteiger partial charge in [0.2, 0.25) is 0 Å². The van der Waals surface area contributed by atoms with Crippen molar-refractivity contribution in [2.75, 3.05) is 19.8 Å². The Balaban J connectivity index is 5.49. The van der Waals surface area contributed by atoms with Gasteiger partial charge < -0.3 is 10.2 Å². The number of carbonyl (C=O) groups is 1. The number of rotatable bonds is 6. The molecule has 0 aromatic heterocycles. The zero-order chi connectivity index (χ0) is 13.9. The lowest BCUT2D eigenvalue weighted by Crippen LogP contribution is -2.70. The van der Waals surface area contributed by atoms with Gasteiger partial charge in [-0.15, -0.1) is 0 Å². The maximum atomic E-state index is 13.5. The fourth-order valence-electron chi connectivity index (χ4n) is 0.976. The van der Waals surface area contributed by atoms with E-state index < -0.39 is 43.4 Å². The van der Waals surface area contributed by atoms with Gasteiger partial charge in [-0.25, -0.2) is 18.0 Å². The highest BCUT2D eigenvalue weighted by molar-refractivity contribution is 5.79. The number of aliphatic hydroxyl groups excluding tert-OH is 1. The van der Waals surface area contributed by atoms with Crippen LogP contribution < -0.4 is 5.32 Å². The summed E-state index contributed by atoms with van der Waals surface area (Å²) in [5.74, 6) is -7.59. The van der Waals surface area contributed by atoms with Crippen molar-refractivity contribution in [3.05, 3.63) is 0 Å². The molecule has 3 N–H and O–H groups in total. The van der Waals surface area contributed by atoms with Gasteiger partial charge in [0.1, 0.15) is 6.67 Å². The second-order valence-electron chi connectivity index (χ2n) is 3.05. The number of carboxylic acid groups (broad SMARTS) is 1. The molecular formula is C7H9F6NO3. The van der Waals surface area contributed by atoms with Crippen molar-refractivity contribution in [2.45, 2.75) is 17.6 Å². The molecule has 0 heterocycles. The van der Waals surface area contributed by atoms with Crippen molar-refractivity contribution in [3.8, 4) is 0 Å². The summed E-state index contributed by atoms with van der Waals surface area (Å²) in [7, 11) is 0. The number of halogens is 6. The molecule has 0 radical (unpaired) electrons. The number of hydrogen-bond donors (Lipinski definition) is 3. The molecule has 0 rings (SSSR count). The third-order valence-electron chi connectivity index (χ3n) is 1.95. The average molecular weight is 269 g/mol. The van der Waals surface area contributed by atoms with Gasteiger partial charge in [0.15, 0.2) is 0 Å². The molecule has 0 aliphatic heterocycles. The highest BCUT2D eigenvalue weighted by Gasteiger charge is 2.73. The molecule has 0 bridgehead atoms. The standard InChI is InChI=1S/C7H9F6NO3/c8-3-5(9,7(11,12)13)6(10,4(16)17)14-1-2-15/h14-15H,1-3H2,(H,16,17). The van der Waals surface area contributed by atoms with Crippen LogP contribution in [0.2, 0.25) is 0 Å². The quantitative estimate of drug-likeness (QED) is 0.487. The first-order valence-corrected chi connectivity index (χ1v) is 4.16. The van der Waals surface area contributed by atoms with E-state index in [9.17, 15) is 31.1 Å². The first-order chi connectivity index (χ1) is 7.56. The first-order valence-electron chi connectivity index (χ1n) is 4.16. The number of nitrogens with one attached hydrogen (secondary N) is 1. The fraction of sp³-hybridized carbons (Fsp3) is 0.857. The minimum atomic E-state index is -6.07. The Morgan fingerprint density at radius 2 is 1.65 bits per heavy atom. The van der Waals surface area contributed by atoms with E-state index in [1.807, 2.05) is 0 Å². The van der Waals surface area contributed by atoms with Gasteiger partial charge in [0, 0.05) is 6.54 Å². The Bertz CT molecular complexity index is 285. The van der Waals surface area contributed by atoms with E-state index in [0.717, 1.165) is 5.32 Å². The summed E-state index contributed by atoms with van der Waals surface area (Å²) in [4.78, 5) is 10.4. The molecule has 0 spiro atoms. The predicted octanol–water partition coefficient (Wildman–Crippen LogP) is 0.559. The number of alkyl halides is 6. The minimum absolute atomic E-state index is 0.959. The number of aliphatic carboxylic acids is 1. The second kappa shape index (κ2) is 5.08. The number of hydrogen-bond acceptors (Lipinski definition) is 3. The minimum Gasteiger partial charge on any atom is -0.478 e. The van der Waals surface area contributed by atoms with Gasteiger partial charge in [-0.2, -0.15) is 13.2 Å². The Labute approximate surface area is 91.2 Å². The second-order valence-corrected chi connectivity index (χ2v) is 3.05. The normalized spacial score (nSPS) is 19.5. The van der Waals surface area contributed by atoms with E-state index >= 15 is 0 Å². The van der Waals surface area contributed by atoms with Crippen LogP contribution in [0.1, 0.15) is 0 Å². The summed E-state index contributed by atoms with van der Waals surface area (Å²) >= 11 is 0. The van der Waals surface area contributed by atoms with Gasteiger partial charge in [-0.05, 0) is 0 Å². The molecule has 102 valence electrons. The molecule has 4 nitrogen and oxygen atoms in total. The van der Waals surface area contributed by atoms with Gasteiger partial charge in [-0.1, -0.05) is 0 Å². The molecule has 0 aliphatic rings. The molecule has 0 aliphatic carbocycles. The van der Waals surface area contributed by atoms with E-state index in [-0.39, 0.29) is 0 Å². The van der Waals surface area contributed by atoms with Crippen LogP contribution in [0.3, 0.4) is 0 Å². The van der Waals surface area contributed by atoms with Crippen molar-refractivity contribution in [1.82, 2.24) is 5.32 Å². The predicted molar refractivity (Wildman–Crippen MR) is 42.4 cm³/mol. The highest BCUT2D eigenvalue weighted by Crippen LogP contribution is 2.43. The van der Waals surface area contributed by atoms with Crippen LogP contribution in [-0.4, -0.2) is 53.6 Å². The van der Waals surface area contributed by atoms with Crippen LogP contribution in [0.5, 0.6) is 0 Å². The first kappa shape index (κ1) is 16.0. The molecule has 0 amide bonds. The number of carboxylic acids is 1. The maximum Gasteiger partial charge on any atom is 0.430 e. The van der Waals surface area contributed by atoms with Crippen molar-refractivity contribution in [3.63, 3.8) is 0 Å². The molecule has 17 heavy (non-hydrogen) atoms. The summed E-state index contributed by atoms with van der Waals surface area (Å²) in [6.07, 6.45) is -6.07. The molecular weight excluding hydrogens is 260 g/mol. The Kier molecular flexibility index (Phi) is 4.78. The molecule has 0 aromatic rings. The zero-order valence-electron chi connectivity index (χ0n) is 8.19. The summed E-state index contributed by atoms with van der Waals surface area (Å²) in [5.41, 5.74) is -5.25. The van der Waals surface area contributed by atoms with Crippen molar-refractivity contribution in [1.29, 1.82) is 0 Å². The maximum absolute atomic E-state index is 13.5. The topological polar surface area (TPSA) is 69.6 Å². The van der Waals surface area contributed by atoms with Crippen molar-refractivity contribution < 1.29 is 41.4 Å². The van der Waals surface area contributed by atoms with Gasteiger partial charge in [0.05, 0.1) is 6.61 Å². The monoisotopic (exact) mass is 269 g/mol. The van der Waals surface area contributed by atoms with Gasteiger partial charge in [0.25, 0.3) is 5.67 Å². The molecule has 0 aromatic carbocycles. The Morgan fingerprint density at radius 1 is 1.18 bits per heavy atom. The van der Waals surface area contributed by atoms with E-state index in [2.05, 4.69) is 0 Å². The highest BCUT2D eigenvalue weighted by atomic mass is 19.4. The smallest absolute Gasteiger partial charge is 0.430 e. The lowest BCUT2D eigenvalue weighted by molar-refractivity contribution is -0.282. The molecule has 0 fully saturated rings. The summed E-state index contributed by atoms with van der Waals surface area (Å²) < 4.78 is 75.4. The summed E-state index contributed by atoms with van der Waals surface area (Å²) in [5, 5.41) is 17.5. The molecule has 0 saturated heterocycles.